The topological polar surface area (TPSA) is 48.5 Å². The molecule has 0 saturated heterocycles. The Labute approximate surface area is 286 Å². The summed E-state index contributed by atoms with van der Waals surface area (Å²) >= 11 is 1.84. The van der Waals surface area contributed by atoms with Crippen LogP contribution in [-0.4, -0.2) is 24.1 Å². The van der Waals surface area contributed by atoms with Gasteiger partial charge in [-0.05, 0) is 30.3 Å². The zero-order valence-electron chi connectivity index (χ0n) is 26.2. The van der Waals surface area contributed by atoms with E-state index in [0.717, 1.165) is 50.5 Å². The first-order valence-electron chi connectivity index (χ1n) is 16.3. The van der Waals surface area contributed by atoms with Crippen molar-refractivity contribution >= 4 is 53.6 Å². The normalized spacial score (nSPS) is 11.7. The number of thiophene rings is 1. The summed E-state index contributed by atoms with van der Waals surface area (Å²) in [6.07, 6.45) is 1.91. The van der Waals surface area contributed by atoms with Crippen LogP contribution in [0, 0.1) is 0 Å². The Kier molecular flexibility index (Phi) is 6.29. The van der Waals surface area contributed by atoms with E-state index < -0.39 is 0 Å². The number of hydrogen-bond acceptors (Lipinski definition) is 4. The molecule has 4 heterocycles. The van der Waals surface area contributed by atoms with Crippen molar-refractivity contribution in [2.24, 2.45) is 0 Å². The molecule has 4 aromatic heterocycles. The van der Waals surface area contributed by atoms with Crippen LogP contribution < -0.4 is 0 Å². The van der Waals surface area contributed by atoms with Gasteiger partial charge in [0.25, 0.3) is 0 Å². The van der Waals surface area contributed by atoms with Crippen molar-refractivity contribution < 1.29 is 0 Å². The predicted octanol–water partition coefficient (Wildman–Crippen LogP) is 11.1. The molecule has 0 bridgehead atoms. The fourth-order valence-corrected chi connectivity index (χ4v) is 8.26. The zero-order chi connectivity index (χ0) is 32.3. The number of nitrogens with zero attached hydrogens (tertiary/aromatic N) is 5. The summed E-state index contributed by atoms with van der Waals surface area (Å²) in [5.41, 5.74) is 9.74. The first kappa shape index (κ1) is 27.7. The van der Waals surface area contributed by atoms with E-state index in [1.807, 2.05) is 48.0 Å². The van der Waals surface area contributed by atoms with E-state index in [-0.39, 0.29) is 0 Å². The average molecular weight is 646 g/mol. The van der Waals surface area contributed by atoms with Crippen molar-refractivity contribution in [2.45, 2.75) is 0 Å². The summed E-state index contributed by atoms with van der Waals surface area (Å²) < 4.78 is 5.83. The maximum Gasteiger partial charge on any atom is 0.160 e. The zero-order valence-corrected chi connectivity index (χ0v) is 27.0. The second-order valence-corrected chi connectivity index (χ2v) is 13.1. The van der Waals surface area contributed by atoms with Gasteiger partial charge in [0, 0.05) is 43.2 Å². The Morgan fingerprint density at radius 2 is 1.10 bits per heavy atom. The molecular formula is C43H27N5S. The molecule has 230 valence electrons. The number of para-hydroxylation sites is 1. The van der Waals surface area contributed by atoms with Gasteiger partial charge in [-0.3, -0.25) is 4.57 Å². The third-order valence-corrected chi connectivity index (χ3v) is 10.4. The van der Waals surface area contributed by atoms with Crippen LogP contribution in [0.3, 0.4) is 0 Å². The third-order valence-electron chi connectivity index (χ3n) is 9.23. The largest absolute Gasteiger partial charge is 0.301 e. The highest BCUT2D eigenvalue weighted by Gasteiger charge is 2.23. The highest BCUT2D eigenvalue weighted by atomic mass is 32.1. The average Bonchev–Trinajstić information content (AvgIpc) is 3.86. The summed E-state index contributed by atoms with van der Waals surface area (Å²) in [5, 5.41) is 3.86. The Hall–Kier alpha value is -6.37. The molecule has 0 atom stereocenters. The maximum absolute atomic E-state index is 5.25. The summed E-state index contributed by atoms with van der Waals surface area (Å²) in [7, 11) is 0. The molecule has 10 rings (SSSR count). The van der Waals surface area contributed by atoms with E-state index in [0.29, 0.717) is 5.82 Å². The number of benzene rings is 6. The fourth-order valence-electron chi connectivity index (χ4n) is 7.01. The Morgan fingerprint density at radius 1 is 0.510 bits per heavy atom. The van der Waals surface area contributed by atoms with Crippen LogP contribution in [-0.2, 0) is 0 Å². The lowest BCUT2D eigenvalue weighted by molar-refractivity contribution is 1.04. The summed E-state index contributed by atoms with van der Waals surface area (Å²) in [6.45, 7) is 0. The smallest absolute Gasteiger partial charge is 0.160 e. The fraction of sp³-hybridized carbons (Fsp3) is 0. The molecule has 0 aliphatic heterocycles. The second-order valence-electron chi connectivity index (χ2n) is 12.1. The van der Waals surface area contributed by atoms with E-state index in [2.05, 4.69) is 137 Å². The minimum Gasteiger partial charge on any atom is -0.301 e. The Morgan fingerprint density at radius 3 is 1.80 bits per heavy atom. The van der Waals surface area contributed by atoms with Crippen molar-refractivity contribution in [3.8, 4) is 45.3 Å². The molecule has 49 heavy (non-hydrogen) atoms. The van der Waals surface area contributed by atoms with Crippen LogP contribution >= 0.6 is 11.3 Å². The number of imidazole rings is 1. The van der Waals surface area contributed by atoms with Crippen LogP contribution in [0.1, 0.15) is 0 Å². The summed E-state index contributed by atoms with van der Waals surface area (Å²) in [5.74, 6) is 0.681. The minimum atomic E-state index is 0.681. The van der Waals surface area contributed by atoms with Gasteiger partial charge in [-0.25, -0.2) is 15.0 Å². The molecule has 0 unspecified atom stereocenters. The van der Waals surface area contributed by atoms with Gasteiger partial charge in [-0.2, -0.15) is 0 Å². The molecule has 10 aromatic rings. The highest BCUT2D eigenvalue weighted by molar-refractivity contribution is 7.25. The van der Waals surface area contributed by atoms with Gasteiger partial charge >= 0.3 is 0 Å². The molecule has 6 aromatic carbocycles. The van der Waals surface area contributed by atoms with Crippen molar-refractivity contribution in [1.82, 2.24) is 24.1 Å². The first-order chi connectivity index (χ1) is 24.3. The number of hydrogen-bond donors (Lipinski definition) is 0. The van der Waals surface area contributed by atoms with Gasteiger partial charge in [0.05, 0.1) is 27.9 Å². The van der Waals surface area contributed by atoms with Crippen molar-refractivity contribution in [1.29, 1.82) is 0 Å². The van der Waals surface area contributed by atoms with E-state index in [4.69, 9.17) is 15.0 Å². The van der Waals surface area contributed by atoms with Crippen LogP contribution in [0.2, 0.25) is 0 Å². The minimum absolute atomic E-state index is 0.681. The lowest BCUT2D eigenvalue weighted by Crippen LogP contribution is -2.06. The van der Waals surface area contributed by atoms with Crippen LogP contribution in [0.5, 0.6) is 0 Å². The standard InChI is InChI=1S/C43H27N5S/c1-4-14-28(15-5-1)39-41(40(29-16-6-2-7-17-29)46-42(45-39)30-18-8-3-9-19-30)47-27-44-34-26-31(24-25-36(34)47)48-35-22-12-10-20-32(35)38-33-21-11-13-23-37(33)49-43(38)48/h1-27H. The molecule has 0 saturated carbocycles. The van der Waals surface area contributed by atoms with Crippen molar-refractivity contribution in [2.75, 3.05) is 0 Å². The SMILES string of the molecule is c1ccc(-c2nc(-c3ccccc3)c(-n3cnc4cc(-n5c6ccccc6c6c7ccccc7sc65)ccc43)c(-c3ccccc3)n2)cc1. The molecule has 5 nitrogen and oxygen atoms in total. The number of fused-ring (bicyclic) bond motifs is 6. The van der Waals surface area contributed by atoms with Gasteiger partial charge in [0.15, 0.2) is 5.82 Å². The quantitative estimate of drug-likeness (QED) is 0.187. The predicted molar refractivity (Wildman–Crippen MR) is 203 cm³/mol. The molecule has 0 N–H and O–H groups in total. The van der Waals surface area contributed by atoms with Gasteiger partial charge in [-0.15, -0.1) is 11.3 Å². The van der Waals surface area contributed by atoms with Crippen LogP contribution in [0.4, 0.5) is 0 Å². The Balaban J connectivity index is 1.23. The molecule has 0 aliphatic rings. The van der Waals surface area contributed by atoms with Gasteiger partial charge in [0.2, 0.25) is 0 Å². The third kappa shape index (κ3) is 4.42. The molecule has 0 radical (unpaired) electrons. The molecule has 0 amide bonds. The van der Waals surface area contributed by atoms with Gasteiger partial charge in [-0.1, -0.05) is 127 Å². The van der Waals surface area contributed by atoms with Crippen molar-refractivity contribution in [3.63, 3.8) is 0 Å². The monoisotopic (exact) mass is 645 g/mol. The Bertz CT molecular complexity index is 2750. The summed E-state index contributed by atoms with van der Waals surface area (Å²) in [4.78, 5) is 16.7. The first-order valence-corrected chi connectivity index (χ1v) is 17.1. The van der Waals surface area contributed by atoms with Crippen molar-refractivity contribution in [3.05, 3.63) is 164 Å². The van der Waals surface area contributed by atoms with Crippen LogP contribution in [0.15, 0.2) is 164 Å². The second kappa shape index (κ2) is 11.1. The number of rotatable bonds is 5. The molecule has 0 fully saturated rings. The van der Waals surface area contributed by atoms with E-state index in [1.54, 1.807) is 0 Å². The highest BCUT2D eigenvalue weighted by Crippen LogP contribution is 2.43. The van der Waals surface area contributed by atoms with E-state index in [9.17, 15) is 0 Å². The van der Waals surface area contributed by atoms with Crippen LogP contribution in [0.25, 0.3) is 87.5 Å². The molecule has 6 heteroatoms. The summed E-state index contributed by atoms with van der Waals surface area (Å²) in [6, 6.07) is 54.9. The number of aromatic nitrogens is 5. The van der Waals surface area contributed by atoms with Gasteiger partial charge < -0.3 is 4.57 Å². The lowest BCUT2D eigenvalue weighted by Gasteiger charge is -2.18. The molecule has 0 aliphatic carbocycles. The lowest BCUT2D eigenvalue weighted by atomic mass is 10.0. The maximum atomic E-state index is 5.25. The van der Waals surface area contributed by atoms with Gasteiger partial charge in [0.1, 0.15) is 16.8 Å². The molecular weight excluding hydrogens is 619 g/mol. The van der Waals surface area contributed by atoms with E-state index in [1.165, 1.54) is 31.2 Å². The molecule has 0 spiro atoms. The van der Waals surface area contributed by atoms with E-state index >= 15 is 0 Å².